The van der Waals surface area contributed by atoms with E-state index in [2.05, 4.69) is 26.6 Å². The molecule has 5 aliphatic rings. The van der Waals surface area contributed by atoms with Crippen molar-refractivity contribution in [3.05, 3.63) is 29.8 Å². The minimum Gasteiger partial charge on any atom is -0.456 e. The van der Waals surface area contributed by atoms with E-state index in [0.29, 0.717) is 29.5 Å². The molecule has 0 radical (unpaired) electrons. The second-order valence-corrected chi connectivity index (χ2v) is 12.0. The van der Waals surface area contributed by atoms with Gasteiger partial charge in [0.25, 0.3) is 11.8 Å². The molecule has 2 amide bonds. The number of alkyl halides is 1. The highest BCUT2D eigenvalue weighted by Gasteiger charge is 2.57. The number of benzene rings is 1. The minimum absolute atomic E-state index is 0.0225. The number of rotatable bonds is 7. The zero-order chi connectivity index (χ0) is 21.6. The van der Waals surface area contributed by atoms with Crippen molar-refractivity contribution in [3.8, 4) is 0 Å². The summed E-state index contributed by atoms with van der Waals surface area (Å²) in [6.07, 6.45) is 9.33. The molecule has 6 rings (SSSR count). The summed E-state index contributed by atoms with van der Waals surface area (Å²) in [6.45, 7) is -0.334. The highest BCUT2D eigenvalue weighted by Crippen LogP contribution is 2.65. The largest absolute Gasteiger partial charge is 0.456 e. The fourth-order valence-electron chi connectivity index (χ4n) is 6.51. The van der Waals surface area contributed by atoms with E-state index in [1.54, 1.807) is 24.3 Å². The maximum absolute atomic E-state index is 12.6. The second kappa shape index (κ2) is 7.91. The Labute approximate surface area is 191 Å². The van der Waals surface area contributed by atoms with Gasteiger partial charge in [-0.2, -0.15) is 0 Å². The number of para-hydroxylation sites is 1. The molecule has 6 nitrogen and oxygen atoms in total. The number of esters is 1. The molecule has 4 bridgehead atoms. The first-order valence-electron chi connectivity index (χ1n) is 11.4. The van der Waals surface area contributed by atoms with Crippen LogP contribution >= 0.6 is 15.9 Å². The predicted octanol–water partition coefficient (Wildman–Crippen LogP) is 4.18. The van der Waals surface area contributed by atoms with Crippen molar-refractivity contribution in [3.63, 3.8) is 0 Å². The number of ether oxygens (including phenoxy) is 1. The van der Waals surface area contributed by atoms with Crippen molar-refractivity contribution < 1.29 is 19.1 Å². The van der Waals surface area contributed by atoms with E-state index in [0.717, 1.165) is 32.1 Å². The van der Waals surface area contributed by atoms with Crippen LogP contribution in [0.4, 0.5) is 5.69 Å². The number of carbonyl (C=O) groups excluding carboxylic acids is 3. The molecule has 0 unspecified atom stereocenters. The molecule has 0 saturated heterocycles. The molecule has 5 saturated carbocycles. The Morgan fingerprint density at radius 1 is 1.06 bits per heavy atom. The molecular weight excluding hydrogens is 460 g/mol. The lowest BCUT2D eigenvalue weighted by Gasteiger charge is -2.60. The van der Waals surface area contributed by atoms with E-state index < -0.39 is 5.91 Å². The van der Waals surface area contributed by atoms with E-state index in [9.17, 15) is 14.4 Å². The average molecular weight is 489 g/mol. The van der Waals surface area contributed by atoms with Gasteiger partial charge >= 0.3 is 5.97 Å². The molecule has 0 spiro atoms. The van der Waals surface area contributed by atoms with E-state index in [1.165, 1.54) is 19.3 Å². The van der Waals surface area contributed by atoms with E-state index >= 15 is 0 Å². The summed E-state index contributed by atoms with van der Waals surface area (Å²) < 4.78 is 5.55. The molecule has 0 aromatic heterocycles. The SMILES string of the molecule is O=C(COC(=O)CC12C[C@@H]3C[C@H](CC(Br)(C3)C1)C2)Nc1ccccc1C(=O)NC1CC1. The van der Waals surface area contributed by atoms with Gasteiger partial charge in [0.15, 0.2) is 6.61 Å². The van der Waals surface area contributed by atoms with E-state index in [1.807, 2.05) is 0 Å². The third-order valence-electron chi connectivity index (χ3n) is 7.35. The normalized spacial score (nSPS) is 33.1. The first-order valence-corrected chi connectivity index (χ1v) is 12.2. The Hall–Kier alpha value is -1.89. The van der Waals surface area contributed by atoms with Gasteiger partial charge in [0.1, 0.15) is 0 Å². The third-order valence-corrected chi connectivity index (χ3v) is 8.28. The maximum Gasteiger partial charge on any atom is 0.306 e. The lowest BCUT2D eigenvalue weighted by atomic mass is 9.49. The van der Waals surface area contributed by atoms with Gasteiger partial charge in [-0.25, -0.2) is 0 Å². The van der Waals surface area contributed by atoms with Crippen LogP contribution in [0.5, 0.6) is 0 Å². The van der Waals surface area contributed by atoms with Crippen LogP contribution in [0.3, 0.4) is 0 Å². The Bertz CT molecular complexity index is 899. The first kappa shape index (κ1) is 21.0. The first-order chi connectivity index (χ1) is 14.8. The number of hydrogen-bond acceptors (Lipinski definition) is 4. The van der Waals surface area contributed by atoms with Crippen LogP contribution < -0.4 is 10.6 Å². The highest BCUT2D eigenvalue weighted by atomic mass is 79.9. The van der Waals surface area contributed by atoms with Crippen molar-refractivity contribution in [2.45, 2.75) is 68.2 Å². The van der Waals surface area contributed by atoms with Gasteiger partial charge in [0, 0.05) is 10.4 Å². The van der Waals surface area contributed by atoms with Gasteiger partial charge in [-0.3, -0.25) is 14.4 Å². The number of carbonyl (C=O) groups is 3. The molecular formula is C24H29BrN2O4. The molecule has 1 aromatic carbocycles. The van der Waals surface area contributed by atoms with Gasteiger partial charge in [0.05, 0.1) is 17.7 Å². The van der Waals surface area contributed by atoms with Crippen molar-refractivity contribution in [2.24, 2.45) is 17.3 Å². The summed E-state index contributed by atoms with van der Waals surface area (Å²) in [5.74, 6) is 0.487. The van der Waals surface area contributed by atoms with Gasteiger partial charge in [-0.05, 0) is 80.8 Å². The van der Waals surface area contributed by atoms with Crippen molar-refractivity contribution in [1.82, 2.24) is 5.32 Å². The average Bonchev–Trinajstić information content (AvgIpc) is 3.48. The smallest absolute Gasteiger partial charge is 0.306 e. The maximum atomic E-state index is 12.6. The Morgan fingerprint density at radius 3 is 2.45 bits per heavy atom. The quantitative estimate of drug-likeness (QED) is 0.445. The number of halogens is 1. The minimum atomic E-state index is -0.428. The van der Waals surface area contributed by atoms with Crippen molar-refractivity contribution in [2.75, 3.05) is 11.9 Å². The Kier molecular flexibility index (Phi) is 5.35. The van der Waals surface area contributed by atoms with Crippen LogP contribution in [0.1, 0.15) is 68.1 Å². The highest BCUT2D eigenvalue weighted by molar-refractivity contribution is 9.10. The fraction of sp³-hybridized carbons (Fsp3) is 0.625. The lowest BCUT2D eigenvalue weighted by Crippen LogP contribution is -2.53. The summed E-state index contributed by atoms with van der Waals surface area (Å²) >= 11 is 3.97. The van der Waals surface area contributed by atoms with Crippen LogP contribution in [0.2, 0.25) is 0 Å². The summed E-state index contributed by atoms with van der Waals surface area (Å²) in [5.41, 5.74) is 0.878. The van der Waals surface area contributed by atoms with Crippen molar-refractivity contribution >= 4 is 39.4 Å². The predicted molar refractivity (Wildman–Crippen MR) is 120 cm³/mol. The summed E-state index contributed by atoms with van der Waals surface area (Å²) in [6, 6.07) is 7.13. The van der Waals surface area contributed by atoms with E-state index in [-0.39, 0.29) is 34.3 Å². The summed E-state index contributed by atoms with van der Waals surface area (Å²) in [5, 5.41) is 5.65. The number of anilines is 1. The molecule has 2 N–H and O–H groups in total. The molecule has 1 aromatic rings. The molecule has 166 valence electrons. The Balaban J connectivity index is 1.15. The molecule has 0 aliphatic heterocycles. The standard InChI is InChI=1S/C24H29BrN2O4/c25-24-10-15-7-16(11-24)9-23(8-15,14-24)12-21(29)31-13-20(28)27-19-4-2-1-3-18(19)22(30)26-17-5-6-17/h1-4,15-17H,5-14H2,(H,26,30)(H,27,28)/t15-,16-,23?,24?/m0/s1. The van der Waals surface area contributed by atoms with Gasteiger partial charge in [-0.15, -0.1) is 0 Å². The second-order valence-electron chi connectivity index (χ2n) is 10.3. The fourth-order valence-corrected chi connectivity index (χ4v) is 8.02. The number of hydrogen-bond donors (Lipinski definition) is 2. The molecule has 5 aliphatic carbocycles. The van der Waals surface area contributed by atoms with Crippen LogP contribution in [-0.4, -0.2) is 34.8 Å². The van der Waals surface area contributed by atoms with Crippen molar-refractivity contribution in [1.29, 1.82) is 0 Å². The molecule has 0 heterocycles. The van der Waals surface area contributed by atoms with Crippen LogP contribution in [0, 0.1) is 17.3 Å². The molecule has 7 heteroatoms. The monoisotopic (exact) mass is 488 g/mol. The van der Waals surface area contributed by atoms with Crippen LogP contribution in [-0.2, 0) is 14.3 Å². The van der Waals surface area contributed by atoms with Gasteiger partial charge < -0.3 is 15.4 Å². The zero-order valence-electron chi connectivity index (χ0n) is 17.6. The number of amides is 2. The van der Waals surface area contributed by atoms with Gasteiger partial charge in [0.2, 0.25) is 0 Å². The topological polar surface area (TPSA) is 84.5 Å². The molecule has 2 atom stereocenters. The van der Waals surface area contributed by atoms with E-state index in [4.69, 9.17) is 4.74 Å². The molecule has 5 fully saturated rings. The summed E-state index contributed by atoms with van der Waals surface area (Å²) in [7, 11) is 0. The van der Waals surface area contributed by atoms with Crippen LogP contribution in [0.25, 0.3) is 0 Å². The lowest BCUT2D eigenvalue weighted by molar-refractivity contribution is -0.153. The molecule has 31 heavy (non-hydrogen) atoms. The summed E-state index contributed by atoms with van der Waals surface area (Å²) in [4.78, 5) is 37.4. The Morgan fingerprint density at radius 2 is 1.77 bits per heavy atom. The van der Waals surface area contributed by atoms with Gasteiger partial charge in [-0.1, -0.05) is 28.1 Å². The zero-order valence-corrected chi connectivity index (χ0v) is 19.2. The number of nitrogens with one attached hydrogen (secondary N) is 2. The van der Waals surface area contributed by atoms with Crippen LogP contribution in [0.15, 0.2) is 24.3 Å². The third kappa shape index (κ3) is 4.66.